The van der Waals surface area contributed by atoms with E-state index in [1.807, 2.05) is 11.8 Å². The van der Waals surface area contributed by atoms with Crippen LogP contribution in [-0.2, 0) is 11.2 Å². The zero-order valence-corrected chi connectivity index (χ0v) is 18.0. The van der Waals surface area contributed by atoms with E-state index in [-0.39, 0.29) is 11.8 Å². The molecule has 3 rings (SSSR count). The van der Waals surface area contributed by atoms with Crippen molar-refractivity contribution in [1.29, 1.82) is 0 Å². The third kappa shape index (κ3) is 7.76. The Kier molecular flexibility index (Phi) is 9.48. The maximum absolute atomic E-state index is 11.8. The van der Waals surface area contributed by atoms with Gasteiger partial charge in [-0.25, -0.2) is 0 Å². The summed E-state index contributed by atoms with van der Waals surface area (Å²) < 4.78 is 0. The number of hydrogen-bond donors (Lipinski definition) is 2. The first kappa shape index (κ1) is 22.7. The average molecular weight is 398 g/mol. The molecule has 0 saturated carbocycles. The SMILES string of the molecule is CCCC(=O)N1CCC(CNC(=O)c2cc[nH]c2)CC1.CCc1ccc(C)cc1. The molecule has 29 heavy (non-hydrogen) atoms. The van der Waals surface area contributed by atoms with Crippen molar-refractivity contribution < 1.29 is 9.59 Å². The predicted octanol–water partition coefficient (Wildman–Crippen LogP) is 4.34. The second-order valence-electron chi connectivity index (χ2n) is 7.72. The van der Waals surface area contributed by atoms with Crippen LogP contribution in [0.2, 0.25) is 0 Å². The van der Waals surface area contributed by atoms with Crippen LogP contribution in [0.25, 0.3) is 0 Å². The van der Waals surface area contributed by atoms with E-state index in [1.165, 1.54) is 11.1 Å². The quantitative estimate of drug-likeness (QED) is 0.761. The van der Waals surface area contributed by atoms with Gasteiger partial charge in [0.15, 0.2) is 0 Å². The topological polar surface area (TPSA) is 65.2 Å². The van der Waals surface area contributed by atoms with E-state index < -0.39 is 0 Å². The molecule has 0 unspecified atom stereocenters. The van der Waals surface area contributed by atoms with Crippen molar-refractivity contribution in [3.63, 3.8) is 0 Å². The van der Waals surface area contributed by atoms with Gasteiger partial charge >= 0.3 is 0 Å². The molecule has 0 spiro atoms. The molecule has 1 saturated heterocycles. The molecule has 1 aromatic heterocycles. The molecule has 0 bridgehead atoms. The van der Waals surface area contributed by atoms with Gasteiger partial charge in [0.1, 0.15) is 0 Å². The Bertz CT molecular complexity index is 730. The number of aryl methyl sites for hydroxylation is 2. The molecule has 0 aliphatic carbocycles. The Morgan fingerprint density at radius 2 is 1.79 bits per heavy atom. The molecule has 1 aromatic carbocycles. The molecule has 1 fully saturated rings. The third-order valence-corrected chi connectivity index (χ3v) is 5.37. The fourth-order valence-corrected chi connectivity index (χ4v) is 3.39. The van der Waals surface area contributed by atoms with E-state index in [0.29, 0.717) is 24.4 Å². The van der Waals surface area contributed by atoms with Crippen LogP contribution >= 0.6 is 0 Å². The van der Waals surface area contributed by atoms with E-state index in [9.17, 15) is 9.59 Å². The summed E-state index contributed by atoms with van der Waals surface area (Å²) in [4.78, 5) is 28.4. The normalized spacial score (nSPS) is 14.1. The molecule has 158 valence electrons. The second-order valence-corrected chi connectivity index (χ2v) is 7.72. The zero-order chi connectivity index (χ0) is 21.1. The van der Waals surface area contributed by atoms with E-state index in [0.717, 1.165) is 38.8 Å². The number of carbonyl (C=O) groups is 2. The standard InChI is InChI=1S/C15H23N3O2.C9H12/c1-2-3-14(19)18-8-5-12(6-9-18)10-17-15(20)13-4-7-16-11-13;1-3-9-6-4-8(2)5-7-9/h4,7,11-12,16H,2-3,5-6,8-10H2,1H3,(H,17,20);4-7H,3H2,1-2H3. The first-order valence-electron chi connectivity index (χ1n) is 10.8. The minimum absolute atomic E-state index is 0.0317. The molecule has 2 N–H and O–H groups in total. The minimum Gasteiger partial charge on any atom is -0.367 e. The van der Waals surface area contributed by atoms with Crippen molar-refractivity contribution in [2.45, 2.75) is 52.9 Å². The van der Waals surface area contributed by atoms with E-state index in [1.54, 1.807) is 18.5 Å². The summed E-state index contributed by atoms with van der Waals surface area (Å²) in [6.45, 7) is 8.65. The van der Waals surface area contributed by atoms with Crippen molar-refractivity contribution >= 4 is 11.8 Å². The van der Waals surface area contributed by atoms with Crippen LogP contribution in [0.4, 0.5) is 0 Å². The number of nitrogens with zero attached hydrogens (tertiary/aromatic N) is 1. The van der Waals surface area contributed by atoms with Gasteiger partial charge in [0.25, 0.3) is 5.91 Å². The maximum atomic E-state index is 11.8. The van der Waals surface area contributed by atoms with Crippen LogP contribution in [0.15, 0.2) is 42.7 Å². The molecule has 1 aliphatic heterocycles. The van der Waals surface area contributed by atoms with Crippen LogP contribution in [0.5, 0.6) is 0 Å². The Balaban J connectivity index is 0.000000278. The number of piperidine rings is 1. The van der Waals surface area contributed by atoms with Gasteiger partial charge in [-0.1, -0.05) is 43.7 Å². The summed E-state index contributed by atoms with van der Waals surface area (Å²) in [5.41, 5.74) is 3.42. The number of amides is 2. The van der Waals surface area contributed by atoms with Crippen molar-refractivity contribution in [1.82, 2.24) is 15.2 Å². The van der Waals surface area contributed by atoms with E-state index in [2.05, 4.69) is 48.4 Å². The van der Waals surface area contributed by atoms with Crippen LogP contribution < -0.4 is 5.32 Å². The second kappa shape index (κ2) is 12.1. The first-order valence-corrected chi connectivity index (χ1v) is 10.8. The van der Waals surface area contributed by atoms with Crippen molar-refractivity contribution in [2.75, 3.05) is 19.6 Å². The molecule has 1 aliphatic rings. The van der Waals surface area contributed by atoms with Crippen LogP contribution in [0, 0.1) is 12.8 Å². The fraction of sp³-hybridized carbons (Fsp3) is 0.500. The molecule has 2 aromatic rings. The third-order valence-electron chi connectivity index (χ3n) is 5.37. The molecular weight excluding hydrogens is 362 g/mol. The number of rotatable bonds is 6. The number of hydrogen-bond acceptors (Lipinski definition) is 2. The van der Waals surface area contributed by atoms with Gasteiger partial charge in [0.05, 0.1) is 5.56 Å². The number of H-pyrrole nitrogens is 1. The lowest BCUT2D eigenvalue weighted by atomic mass is 9.96. The molecular formula is C24H35N3O2. The summed E-state index contributed by atoms with van der Waals surface area (Å²) >= 11 is 0. The average Bonchev–Trinajstić information content (AvgIpc) is 3.29. The lowest BCUT2D eigenvalue weighted by Gasteiger charge is -2.32. The number of likely N-dealkylation sites (tertiary alicyclic amines) is 1. The highest BCUT2D eigenvalue weighted by atomic mass is 16.2. The van der Waals surface area contributed by atoms with Gasteiger partial charge in [0, 0.05) is 38.4 Å². The fourth-order valence-electron chi connectivity index (χ4n) is 3.39. The van der Waals surface area contributed by atoms with Gasteiger partial charge in [-0.3, -0.25) is 9.59 Å². The molecule has 5 heteroatoms. The highest BCUT2D eigenvalue weighted by Crippen LogP contribution is 2.17. The monoisotopic (exact) mass is 397 g/mol. The molecule has 2 amide bonds. The van der Waals surface area contributed by atoms with Crippen LogP contribution in [-0.4, -0.2) is 41.3 Å². The summed E-state index contributed by atoms with van der Waals surface area (Å²) in [6, 6.07) is 10.4. The zero-order valence-electron chi connectivity index (χ0n) is 18.0. The molecule has 0 atom stereocenters. The Morgan fingerprint density at radius 1 is 1.10 bits per heavy atom. The smallest absolute Gasteiger partial charge is 0.252 e. The summed E-state index contributed by atoms with van der Waals surface area (Å²) in [5.74, 6) is 0.710. The maximum Gasteiger partial charge on any atom is 0.252 e. The minimum atomic E-state index is -0.0317. The number of aromatic nitrogens is 1. The number of nitrogens with one attached hydrogen (secondary N) is 2. The van der Waals surface area contributed by atoms with Gasteiger partial charge in [-0.15, -0.1) is 0 Å². The first-order chi connectivity index (χ1) is 14.0. The Morgan fingerprint density at radius 3 is 2.34 bits per heavy atom. The molecule has 5 nitrogen and oxygen atoms in total. The van der Waals surface area contributed by atoms with Gasteiger partial charge in [-0.05, 0) is 50.2 Å². The van der Waals surface area contributed by atoms with Crippen molar-refractivity contribution in [3.05, 3.63) is 59.4 Å². The molecule has 2 heterocycles. The summed E-state index contributed by atoms with van der Waals surface area (Å²) in [6.07, 6.45) is 8.08. The number of aromatic amines is 1. The largest absolute Gasteiger partial charge is 0.367 e. The number of benzene rings is 1. The van der Waals surface area contributed by atoms with Crippen molar-refractivity contribution in [3.8, 4) is 0 Å². The molecule has 0 radical (unpaired) electrons. The van der Waals surface area contributed by atoms with Gasteiger partial charge in [0.2, 0.25) is 5.91 Å². The Hall–Kier alpha value is -2.56. The lowest BCUT2D eigenvalue weighted by molar-refractivity contribution is -0.132. The highest BCUT2D eigenvalue weighted by Gasteiger charge is 2.22. The van der Waals surface area contributed by atoms with E-state index >= 15 is 0 Å². The Labute approximate surface area is 174 Å². The van der Waals surface area contributed by atoms with Gasteiger partial charge in [-0.2, -0.15) is 0 Å². The predicted molar refractivity (Wildman–Crippen MR) is 118 cm³/mol. The summed E-state index contributed by atoms with van der Waals surface area (Å²) in [5, 5.41) is 2.96. The van der Waals surface area contributed by atoms with Gasteiger partial charge < -0.3 is 15.2 Å². The van der Waals surface area contributed by atoms with Crippen molar-refractivity contribution in [2.24, 2.45) is 5.92 Å². The number of carbonyl (C=O) groups excluding carboxylic acids is 2. The van der Waals surface area contributed by atoms with Crippen LogP contribution in [0.3, 0.4) is 0 Å². The van der Waals surface area contributed by atoms with E-state index in [4.69, 9.17) is 0 Å². The summed E-state index contributed by atoms with van der Waals surface area (Å²) in [7, 11) is 0. The lowest BCUT2D eigenvalue weighted by Crippen LogP contribution is -2.41. The van der Waals surface area contributed by atoms with Crippen LogP contribution in [0.1, 0.15) is 61.0 Å². The highest BCUT2D eigenvalue weighted by molar-refractivity contribution is 5.93.